The number of anilines is 2. The third kappa shape index (κ3) is 3.00. The molecule has 0 bridgehead atoms. The van der Waals surface area contributed by atoms with E-state index in [1.54, 1.807) is 18.5 Å². The van der Waals surface area contributed by atoms with Gasteiger partial charge in [0.1, 0.15) is 0 Å². The van der Waals surface area contributed by atoms with Crippen LogP contribution < -0.4 is 9.80 Å². The van der Waals surface area contributed by atoms with Gasteiger partial charge in [-0.2, -0.15) is 0 Å². The van der Waals surface area contributed by atoms with Gasteiger partial charge in [-0.25, -0.2) is 9.97 Å². The predicted octanol–water partition coefficient (Wildman–Crippen LogP) is 1.35. The van der Waals surface area contributed by atoms with Crippen molar-refractivity contribution in [1.82, 2.24) is 14.9 Å². The number of hydrogen-bond acceptors (Lipinski definition) is 5. The van der Waals surface area contributed by atoms with E-state index < -0.39 is 0 Å². The Hall–Kier alpha value is -2.96. The molecule has 2 fully saturated rings. The first-order valence-corrected chi connectivity index (χ1v) is 9.92. The smallest absolute Gasteiger partial charge is 0.230 e. The van der Waals surface area contributed by atoms with Crippen LogP contribution in [-0.2, 0) is 16.0 Å². The topological polar surface area (TPSA) is 69.6 Å². The van der Waals surface area contributed by atoms with Crippen molar-refractivity contribution >= 4 is 23.5 Å². The van der Waals surface area contributed by atoms with Crippen LogP contribution in [0.2, 0.25) is 0 Å². The molecule has 3 aliphatic rings. The molecule has 2 atom stereocenters. The van der Waals surface area contributed by atoms with Crippen LogP contribution in [0.5, 0.6) is 0 Å². The van der Waals surface area contributed by atoms with Crippen molar-refractivity contribution in [3.63, 3.8) is 0 Å². The maximum absolute atomic E-state index is 12.9. The molecule has 7 heteroatoms. The first kappa shape index (κ1) is 17.2. The monoisotopic (exact) mass is 377 g/mol. The zero-order valence-electron chi connectivity index (χ0n) is 15.7. The van der Waals surface area contributed by atoms with Crippen LogP contribution in [-0.4, -0.2) is 59.4 Å². The molecule has 7 nitrogen and oxygen atoms in total. The van der Waals surface area contributed by atoms with Gasteiger partial charge in [-0.05, 0) is 30.5 Å². The van der Waals surface area contributed by atoms with Crippen molar-refractivity contribution in [2.45, 2.75) is 12.8 Å². The number of amides is 2. The lowest BCUT2D eigenvalue weighted by atomic mass is 10.2. The average molecular weight is 377 g/mol. The minimum atomic E-state index is -0.158. The first-order chi connectivity index (χ1) is 13.7. The van der Waals surface area contributed by atoms with Crippen LogP contribution in [0.15, 0.2) is 42.7 Å². The summed E-state index contributed by atoms with van der Waals surface area (Å²) in [5.74, 6) is 0.634. The van der Waals surface area contributed by atoms with E-state index in [1.807, 2.05) is 28.0 Å². The Kier molecular flexibility index (Phi) is 4.22. The summed E-state index contributed by atoms with van der Waals surface area (Å²) < 4.78 is 0. The van der Waals surface area contributed by atoms with E-state index in [0.717, 1.165) is 31.7 Å². The third-order valence-electron chi connectivity index (χ3n) is 6.00. The van der Waals surface area contributed by atoms with E-state index in [1.165, 1.54) is 5.56 Å². The predicted molar refractivity (Wildman–Crippen MR) is 105 cm³/mol. The summed E-state index contributed by atoms with van der Waals surface area (Å²) in [5.41, 5.74) is 2.24. The highest BCUT2D eigenvalue weighted by Gasteiger charge is 2.51. The van der Waals surface area contributed by atoms with E-state index in [2.05, 4.69) is 20.9 Å². The number of carbonyl (C=O) groups is 2. The standard InChI is InChI=1S/C21H23N5O2/c27-19(24-10-12-25(13-11-24)21-22-7-3-8-23-21)16-14-17(16)20(28)26-9-6-15-4-1-2-5-18(15)26/h1-5,7-8,16-17H,6,9-14H2. The van der Waals surface area contributed by atoms with Gasteiger partial charge in [-0.15, -0.1) is 0 Å². The Morgan fingerprint density at radius 1 is 0.857 bits per heavy atom. The minimum absolute atomic E-state index is 0.111. The van der Waals surface area contributed by atoms with Gasteiger partial charge in [0.05, 0.1) is 11.8 Å². The molecule has 0 N–H and O–H groups in total. The molecule has 28 heavy (non-hydrogen) atoms. The van der Waals surface area contributed by atoms with Gasteiger partial charge >= 0.3 is 0 Å². The highest BCUT2D eigenvalue weighted by Crippen LogP contribution is 2.43. The highest BCUT2D eigenvalue weighted by atomic mass is 16.2. The van der Waals surface area contributed by atoms with Crippen LogP contribution in [0.3, 0.4) is 0 Å². The number of carbonyl (C=O) groups excluding carboxylic acids is 2. The Morgan fingerprint density at radius 2 is 1.57 bits per heavy atom. The van der Waals surface area contributed by atoms with Crippen molar-refractivity contribution in [2.24, 2.45) is 11.8 Å². The Bertz CT molecular complexity index is 895. The van der Waals surface area contributed by atoms with Gasteiger partial charge in [-0.3, -0.25) is 9.59 Å². The van der Waals surface area contributed by atoms with Crippen molar-refractivity contribution < 1.29 is 9.59 Å². The fourth-order valence-corrected chi connectivity index (χ4v) is 4.32. The lowest BCUT2D eigenvalue weighted by Crippen LogP contribution is -2.50. The summed E-state index contributed by atoms with van der Waals surface area (Å²) in [7, 11) is 0. The van der Waals surface area contributed by atoms with Crippen LogP contribution in [0.1, 0.15) is 12.0 Å². The molecule has 1 aliphatic carbocycles. The summed E-state index contributed by atoms with van der Waals surface area (Å²) >= 11 is 0. The lowest BCUT2D eigenvalue weighted by molar-refractivity contribution is -0.134. The molecular formula is C21H23N5O2. The molecule has 5 rings (SSSR count). The third-order valence-corrected chi connectivity index (χ3v) is 6.00. The number of nitrogens with zero attached hydrogens (tertiary/aromatic N) is 5. The molecule has 3 heterocycles. The second kappa shape index (κ2) is 6.89. The molecule has 2 aliphatic heterocycles. The number of para-hydroxylation sites is 1. The van der Waals surface area contributed by atoms with E-state index in [0.29, 0.717) is 25.5 Å². The van der Waals surface area contributed by atoms with Gasteiger partial charge in [0.2, 0.25) is 17.8 Å². The molecule has 0 radical (unpaired) electrons. The molecule has 2 amide bonds. The average Bonchev–Trinajstić information content (AvgIpc) is 3.45. The van der Waals surface area contributed by atoms with E-state index >= 15 is 0 Å². The molecule has 1 saturated heterocycles. The molecule has 144 valence electrons. The van der Waals surface area contributed by atoms with Crippen LogP contribution >= 0.6 is 0 Å². The quantitative estimate of drug-likeness (QED) is 0.808. The zero-order chi connectivity index (χ0) is 19.1. The van der Waals surface area contributed by atoms with E-state index in [4.69, 9.17) is 0 Å². The minimum Gasteiger partial charge on any atom is -0.339 e. The molecular weight excluding hydrogens is 354 g/mol. The number of fused-ring (bicyclic) bond motifs is 1. The Balaban J connectivity index is 1.18. The lowest BCUT2D eigenvalue weighted by Gasteiger charge is -2.34. The largest absolute Gasteiger partial charge is 0.339 e. The van der Waals surface area contributed by atoms with E-state index in [9.17, 15) is 9.59 Å². The normalized spacial score (nSPS) is 23.5. The number of piperazine rings is 1. The Labute approximate surface area is 164 Å². The first-order valence-electron chi connectivity index (χ1n) is 9.92. The summed E-state index contributed by atoms with van der Waals surface area (Å²) in [6.45, 7) is 3.48. The van der Waals surface area contributed by atoms with Crippen molar-refractivity contribution in [3.8, 4) is 0 Å². The second-order valence-corrected chi connectivity index (χ2v) is 7.68. The number of hydrogen-bond donors (Lipinski definition) is 0. The van der Waals surface area contributed by atoms with Crippen LogP contribution in [0, 0.1) is 11.8 Å². The second-order valence-electron chi connectivity index (χ2n) is 7.68. The zero-order valence-corrected chi connectivity index (χ0v) is 15.7. The van der Waals surface area contributed by atoms with E-state index in [-0.39, 0.29) is 23.7 Å². The molecule has 1 saturated carbocycles. The molecule has 2 aromatic rings. The summed E-state index contributed by atoms with van der Waals surface area (Å²) in [4.78, 5) is 40.2. The summed E-state index contributed by atoms with van der Waals surface area (Å²) in [6.07, 6.45) is 5.04. The van der Waals surface area contributed by atoms with Crippen molar-refractivity contribution in [2.75, 3.05) is 42.5 Å². The molecule has 0 spiro atoms. The van der Waals surface area contributed by atoms with Gasteiger partial charge < -0.3 is 14.7 Å². The maximum atomic E-state index is 12.9. The SMILES string of the molecule is O=C(C1CC1C(=O)N1CCc2ccccc21)N1CCN(c2ncccn2)CC1. The molecule has 2 unspecified atom stereocenters. The fourth-order valence-electron chi connectivity index (χ4n) is 4.32. The highest BCUT2D eigenvalue weighted by molar-refractivity contribution is 6.02. The van der Waals surface area contributed by atoms with Gasteiger partial charge in [0.25, 0.3) is 0 Å². The molecule has 1 aromatic carbocycles. The fraction of sp³-hybridized carbons (Fsp3) is 0.429. The number of benzene rings is 1. The van der Waals surface area contributed by atoms with Crippen LogP contribution in [0.25, 0.3) is 0 Å². The van der Waals surface area contributed by atoms with Gasteiger partial charge in [0.15, 0.2) is 0 Å². The van der Waals surface area contributed by atoms with Crippen molar-refractivity contribution in [1.29, 1.82) is 0 Å². The summed E-state index contributed by atoms with van der Waals surface area (Å²) in [5, 5.41) is 0. The van der Waals surface area contributed by atoms with Crippen molar-refractivity contribution in [3.05, 3.63) is 48.3 Å². The summed E-state index contributed by atoms with van der Waals surface area (Å²) in [6, 6.07) is 9.86. The number of rotatable bonds is 3. The number of aromatic nitrogens is 2. The van der Waals surface area contributed by atoms with Gasteiger partial charge in [0, 0.05) is 50.8 Å². The maximum Gasteiger partial charge on any atom is 0.230 e. The van der Waals surface area contributed by atoms with Crippen LogP contribution in [0.4, 0.5) is 11.6 Å². The van der Waals surface area contributed by atoms with Gasteiger partial charge in [-0.1, -0.05) is 18.2 Å². The molecule has 1 aromatic heterocycles. The Morgan fingerprint density at radius 3 is 2.36 bits per heavy atom.